The first kappa shape index (κ1) is 12.0. The maximum atomic E-state index is 9.34. The van der Waals surface area contributed by atoms with E-state index in [-0.39, 0.29) is 5.75 Å². The first-order valence-electron chi connectivity index (χ1n) is 5.32. The summed E-state index contributed by atoms with van der Waals surface area (Å²) in [5.41, 5.74) is 2.03. The van der Waals surface area contributed by atoms with Gasteiger partial charge in [0.05, 0.1) is 0 Å². The molecule has 1 N–H and O–H groups in total. The summed E-state index contributed by atoms with van der Waals surface area (Å²) < 4.78 is 6.74. The van der Waals surface area contributed by atoms with E-state index in [9.17, 15) is 5.11 Å². The van der Waals surface area contributed by atoms with Gasteiger partial charge in [0.25, 0.3) is 0 Å². The third-order valence-corrected chi connectivity index (χ3v) is 2.94. The van der Waals surface area contributed by atoms with E-state index >= 15 is 0 Å². The molecule has 2 aromatic carbocycles. The smallest absolute Gasteiger partial charge is 0.122 e. The maximum Gasteiger partial charge on any atom is 0.122 e. The van der Waals surface area contributed by atoms with Gasteiger partial charge in [0, 0.05) is 4.47 Å². The second kappa shape index (κ2) is 5.23. The number of hydrogen-bond acceptors (Lipinski definition) is 2. The van der Waals surface area contributed by atoms with Gasteiger partial charge in [0.1, 0.15) is 18.1 Å². The Balaban J connectivity index is 2.07. The minimum Gasteiger partial charge on any atom is -0.508 e. The molecule has 0 aliphatic carbocycles. The average Bonchev–Trinajstić information content (AvgIpc) is 2.28. The van der Waals surface area contributed by atoms with Crippen LogP contribution in [0.15, 0.2) is 46.9 Å². The van der Waals surface area contributed by atoms with Crippen molar-refractivity contribution in [3.05, 3.63) is 58.1 Å². The summed E-state index contributed by atoms with van der Waals surface area (Å²) in [5.74, 6) is 1.12. The zero-order valence-electron chi connectivity index (χ0n) is 9.48. The molecule has 2 rings (SSSR count). The van der Waals surface area contributed by atoms with Crippen molar-refractivity contribution in [2.75, 3.05) is 0 Å². The number of rotatable bonds is 3. The van der Waals surface area contributed by atoms with Gasteiger partial charge in [-0.3, -0.25) is 0 Å². The summed E-state index contributed by atoms with van der Waals surface area (Å²) in [6.45, 7) is 2.46. The molecule has 0 aliphatic rings. The third-order valence-electron chi connectivity index (χ3n) is 2.44. The fourth-order valence-corrected chi connectivity index (χ4v) is 2.06. The first-order valence-corrected chi connectivity index (χ1v) is 6.11. The summed E-state index contributed by atoms with van der Waals surface area (Å²) in [7, 11) is 0. The van der Waals surface area contributed by atoms with Crippen molar-refractivity contribution in [2.45, 2.75) is 13.5 Å². The summed E-state index contributed by atoms with van der Waals surface area (Å²) in [5, 5.41) is 9.34. The topological polar surface area (TPSA) is 29.5 Å². The van der Waals surface area contributed by atoms with Crippen LogP contribution in [0.25, 0.3) is 0 Å². The van der Waals surface area contributed by atoms with E-state index < -0.39 is 0 Å². The Bertz CT molecular complexity index is 523. The number of aryl methyl sites for hydroxylation is 1. The highest BCUT2D eigenvalue weighted by molar-refractivity contribution is 9.10. The summed E-state index contributed by atoms with van der Waals surface area (Å²) in [6.07, 6.45) is 0. The number of ether oxygens (including phenoxy) is 1. The molecule has 0 spiro atoms. The van der Waals surface area contributed by atoms with E-state index in [1.54, 1.807) is 12.1 Å². The Morgan fingerprint density at radius 1 is 1.18 bits per heavy atom. The zero-order valence-corrected chi connectivity index (χ0v) is 11.1. The SMILES string of the molecule is Cc1cc(Br)ccc1OCc1cccc(O)c1. The Hall–Kier alpha value is -1.48. The fourth-order valence-electron chi connectivity index (χ4n) is 1.58. The minimum atomic E-state index is 0.263. The van der Waals surface area contributed by atoms with Gasteiger partial charge in [-0.15, -0.1) is 0 Å². The van der Waals surface area contributed by atoms with Crippen LogP contribution < -0.4 is 4.74 Å². The van der Waals surface area contributed by atoms with Crippen LogP contribution in [-0.2, 0) is 6.61 Å². The normalized spacial score (nSPS) is 10.2. The maximum absolute atomic E-state index is 9.34. The molecular weight excluding hydrogens is 280 g/mol. The van der Waals surface area contributed by atoms with E-state index in [2.05, 4.69) is 15.9 Å². The number of phenolic OH excluding ortho intramolecular Hbond substituents is 1. The molecular formula is C14H13BrO2. The number of halogens is 1. The van der Waals surface area contributed by atoms with Crippen molar-refractivity contribution in [1.82, 2.24) is 0 Å². The highest BCUT2D eigenvalue weighted by Gasteiger charge is 2.01. The molecule has 0 saturated carbocycles. The van der Waals surface area contributed by atoms with Gasteiger partial charge in [-0.05, 0) is 48.4 Å². The predicted molar refractivity (Wildman–Crippen MR) is 71.3 cm³/mol. The minimum absolute atomic E-state index is 0.263. The van der Waals surface area contributed by atoms with Gasteiger partial charge in [0.15, 0.2) is 0 Å². The second-order valence-corrected chi connectivity index (χ2v) is 4.78. The highest BCUT2D eigenvalue weighted by Crippen LogP contribution is 2.23. The molecule has 0 fully saturated rings. The Morgan fingerprint density at radius 3 is 2.71 bits per heavy atom. The average molecular weight is 293 g/mol. The Labute approximate surface area is 109 Å². The molecule has 88 valence electrons. The first-order chi connectivity index (χ1) is 8.15. The van der Waals surface area contributed by atoms with Crippen LogP contribution in [0.3, 0.4) is 0 Å². The largest absolute Gasteiger partial charge is 0.508 e. The van der Waals surface area contributed by atoms with Gasteiger partial charge in [-0.25, -0.2) is 0 Å². The standard InChI is InChI=1S/C14H13BrO2/c1-10-7-12(15)5-6-14(10)17-9-11-3-2-4-13(16)8-11/h2-8,16H,9H2,1H3. The van der Waals surface area contributed by atoms with Gasteiger partial charge in [0.2, 0.25) is 0 Å². The van der Waals surface area contributed by atoms with Crippen molar-refractivity contribution >= 4 is 15.9 Å². The summed E-state index contributed by atoms with van der Waals surface area (Å²) >= 11 is 3.41. The van der Waals surface area contributed by atoms with Crippen LogP contribution in [0.5, 0.6) is 11.5 Å². The van der Waals surface area contributed by atoms with Gasteiger partial charge in [-0.2, -0.15) is 0 Å². The summed E-state index contributed by atoms with van der Waals surface area (Å²) in [4.78, 5) is 0. The number of benzene rings is 2. The highest BCUT2D eigenvalue weighted by atomic mass is 79.9. The van der Waals surface area contributed by atoms with Crippen LogP contribution in [0.2, 0.25) is 0 Å². The van der Waals surface area contributed by atoms with Crippen molar-refractivity contribution < 1.29 is 9.84 Å². The van der Waals surface area contributed by atoms with E-state index in [4.69, 9.17) is 4.74 Å². The van der Waals surface area contributed by atoms with Crippen LogP contribution in [0.1, 0.15) is 11.1 Å². The third kappa shape index (κ3) is 3.24. The lowest BCUT2D eigenvalue weighted by Crippen LogP contribution is -1.96. The van der Waals surface area contributed by atoms with Crippen LogP contribution >= 0.6 is 15.9 Å². The molecule has 3 heteroatoms. The van der Waals surface area contributed by atoms with E-state index in [1.165, 1.54) is 0 Å². The van der Waals surface area contributed by atoms with Crippen molar-refractivity contribution in [3.63, 3.8) is 0 Å². The molecule has 0 aliphatic heterocycles. The molecule has 0 bridgehead atoms. The van der Waals surface area contributed by atoms with Crippen LogP contribution in [0, 0.1) is 6.92 Å². The molecule has 0 heterocycles. The molecule has 0 amide bonds. The zero-order chi connectivity index (χ0) is 12.3. The number of hydrogen-bond donors (Lipinski definition) is 1. The van der Waals surface area contributed by atoms with Crippen molar-refractivity contribution in [3.8, 4) is 11.5 Å². The lowest BCUT2D eigenvalue weighted by molar-refractivity contribution is 0.303. The van der Waals surface area contributed by atoms with Gasteiger partial charge in [-0.1, -0.05) is 28.1 Å². The number of phenols is 1. The van der Waals surface area contributed by atoms with Gasteiger partial charge >= 0.3 is 0 Å². The number of aromatic hydroxyl groups is 1. The van der Waals surface area contributed by atoms with E-state index in [0.717, 1.165) is 21.3 Å². The predicted octanol–water partition coefficient (Wildman–Crippen LogP) is 4.04. The fraction of sp³-hybridized carbons (Fsp3) is 0.143. The molecule has 0 saturated heterocycles. The Morgan fingerprint density at radius 2 is 2.00 bits per heavy atom. The lowest BCUT2D eigenvalue weighted by atomic mass is 10.2. The molecule has 0 atom stereocenters. The molecule has 0 aromatic heterocycles. The summed E-state index contributed by atoms with van der Waals surface area (Å²) in [6, 6.07) is 13.0. The van der Waals surface area contributed by atoms with Gasteiger partial charge < -0.3 is 9.84 Å². The monoisotopic (exact) mass is 292 g/mol. The molecule has 0 unspecified atom stereocenters. The van der Waals surface area contributed by atoms with E-state index in [0.29, 0.717) is 6.61 Å². The van der Waals surface area contributed by atoms with E-state index in [1.807, 2.05) is 37.3 Å². The molecule has 2 aromatic rings. The Kier molecular flexibility index (Phi) is 3.69. The molecule has 0 radical (unpaired) electrons. The van der Waals surface area contributed by atoms with Crippen molar-refractivity contribution in [1.29, 1.82) is 0 Å². The van der Waals surface area contributed by atoms with Crippen molar-refractivity contribution in [2.24, 2.45) is 0 Å². The van der Waals surface area contributed by atoms with Crippen LogP contribution in [0.4, 0.5) is 0 Å². The second-order valence-electron chi connectivity index (χ2n) is 3.87. The quantitative estimate of drug-likeness (QED) is 0.925. The molecule has 2 nitrogen and oxygen atoms in total. The van der Waals surface area contributed by atoms with Crippen LogP contribution in [-0.4, -0.2) is 5.11 Å². The molecule has 17 heavy (non-hydrogen) atoms. The lowest BCUT2D eigenvalue weighted by Gasteiger charge is -2.09.